The van der Waals surface area contributed by atoms with Crippen LogP contribution in [-0.4, -0.2) is 38.0 Å². The van der Waals surface area contributed by atoms with Gasteiger partial charge in [-0.05, 0) is 32.1 Å². The van der Waals surface area contributed by atoms with Crippen LogP contribution in [-0.2, 0) is 19.0 Å². The molecule has 1 saturated heterocycles. The number of hydrogen-bond donors (Lipinski definition) is 0. The summed E-state index contributed by atoms with van der Waals surface area (Å²) in [6.07, 6.45) is 6.75. The first kappa shape index (κ1) is 12.8. The Balaban J connectivity index is 1.75. The lowest BCUT2D eigenvalue weighted by Gasteiger charge is -2.30. The Kier molecular flexibility index (Phi) is 4.80. The summed E-state index contributed by atoms with van der Waals surface area (Å²) in [6.45, 7) is 0.780. The summed E-state index contributed by atoms with van der Waals surface area (Å²) < 4.78 is 16.3. The Morgan fingerprint density at radius 2 is 1.94 bits per heavy atom. The third kappa shape index (κ3) is 3.68. The molecule has 0 aromatic carbocycles. The summed E-state index contributed by atoms with van der Waals surface area (Å²) in [6, 6.07) is 0. The van der Waals surface area contributed by atoms with Gasteiger partial charge in [-0.15, -0.1) is 0 Å². The molecule has 0 aromatic rings. The smallest absolute Gasteiger partial charge is 0.308 e. The molecule has 0 aromatic heterocycles. The van der Waals surface area contributed by atoms with Crippen LogP contribution >= 0.6 is 0 Å². The van der Waals surface area contributed by atoms with E-state index in [1.54, 1.807) is 7.11 Å². The maximum absolute atomic E-state index is 11.8. The monoisotopic (exact) mass is 242 g/mol. The van der Waals surface area contributed by atoms with Crippen molar-refractivity contribution in [3.8, 4) is 0 Å². The summed E-state index contributed by atoms with van der Waals surface area (Å²) >= 11 is 0. The van der Waals surface area contributed by atoms with Crippen LogP contribution in [0.25, 0.3) is 0 Å². The number of ether oxygens (including phenoxy) is 3. The SMILES string of the molecule is COC1CCCCC1OC(=O)CC1CCCO1. The molecule has 2 rings (SSSR count). The molecule has 0 bridgehead atoms. The predicted molar refractivity (Wildman–Crippen MR) is 62.7 cm³/mol. The van der Waals surface area contributed by atoms with E-state index in [0.717, 1.165) is 45.1 Å². The van der Waals surface area contributed by atoms with Gasteiger partial charge in [0.1, 0.15) is 6.10 Å². The number of hydrogen-bond acceptors (Lipinski definition) is 4. The molecule has 1 heterocycles. The summed E-state index contributed by atoms with van der Waals surface area (Å²) in [7, 11) is 1.69. The number of methoxy groups -OCH3 is 1. The van der Waals surface area contributed by atoms with E-state index >= 15 is 0 Å². The molecule has 17 heavy (non-hydrogen) atoms. The van der Waals surface area contributed by atoms with Crippen LogP contribution in [0.15, 0.2) is 0 Å². The van der Waals surface area contributed by atoms with E-state index < -0.39 is 0 Å². The summed E-state index contributed by atoms with van der Waals surface area (Å²) in [4.78, 5) is 11.8. The van der Waals surface area contributed by atoms with Gasteiger partial charge in [0.2, 0.25) is 0 Å². The molecule has 0 N–H and O–H groups in total. The maximum Gasteiger partial charge on any atom is 0.308 e. The summed E-state index contributed by atoms with van der Waals surface area (Å²) in [5, 5.41) is 0. The normalized spacial score (nSPS) is 33.6. The Labute approximate surface area is 103 Å². The van der Waals surface area contributed by atoms with Crippen molar-refractivity contribution in [2.75, 3.05) is 13.7 Å². The van der Waals surface area contributed by atoms with Crippen LogP contribution in [0.5, 0.6) is 0 Å². The van der Waals surface area contributed by atoms with Gasteiger partial charge in [-0.1, -0.05) is 6.42 Å². The summed E-state index contributed by atoms with van der Waals surface area (Å²) in [5.74, 6) is -0.133. The minimum absolute atomic E-state index is 0.0531. The first-order valence-electron chi connectivity index (χ1n) is 6.63. The van der Waals surface area contributed by atoms with E-state index in [0.29, 0.717) is 6.42 Å². The van der Waals surface area contributed by atoms with E-state index in [-0.39, 0.29) is 24.3 Å². The van der Waals surface area contributed by atoms with Gasteiger partial charge < -0.3 is 14.2 Å². The fourth-order valence-electron chi connectivity index (χ4n) is 2.68. The fourth-order valence-corrected chi connectivity index (χ4v) is 2.68. The molecule has 3 unspecified atom stereocenters. The molecule has 1 aliphatic carbocycles. The van der Waals surface area contributed by atoms with Crippen LogP contribution in [0.2, 0.25) is 0 Å². The van der Waals surface area contributed by atoms with Crippen LogP contribution < -0.4 is 0 Å². The zero-order chi connectivity index (χ0) is 12.1. The second-order valence-electron chi connectivity index (χ2n) is 4.93. The van der Waals surface area contributed by atoms with Crippen LogP contribution in [0, 0.1) is 0 Å². The Bertz CT molecular complexity index is 248. The predicted octanol–water partition coefficient (Wildman–Crippen LogP) is 2.06. The topological polar surface area (TPSA) is 44.8 Å². The molecule has 0 amide bonds. The number of esters is 1. The third-order valence-electron chi connectivity index (χ3n) is 3.65. The zero-order valence-electron chi connectivity index (χ0n) is 10.5. The lowest BCUT2D eigenvalue weighted by atomic mass is 9.94. The molecule has 0 spiro atoms. The van der Waals surface area contributed by atoms with Crippen molar-refractivity contribution in [3.63, 3.8) is 0 Å². The highest BCUT2D eigenvalue weighted by Gasteiger charge is 2.29. The standard InChI is InChI=1S/C13H22O4/c1-15-11-6-2-3-7-12(11)17-13(14)9-10-5-4-8-16-10/h10-12H,2-9H2,1H3. The van der Waals surface area contributed by atoms with Gasteiger partial charge >= 0.3 is 5.97 Å². The van der Waals surface area contributed by atoms with E-state index in [9.17, 15) is 4.79 Å². The van der Waals surface area contributed by atoms with E-state index in [2.05, 4.69) is 0 Å². The molecule has 4 nitrogen and oxygen atoms in total. The molecule has 2 aliphatic rings. The van der Waals surface area contributed by atoms with Crippen molar-refractivity contribution >= 4 is 5.97 Å². The van der Waals surface area contributed by atoms with Crippen molar-refractivity contribution < 1.29 is 19.0 Å². The number of carbonyl (C=O) groups excluding carboxylic acids is 1. The minimum atomic E-state index is -0.133. The highest BCUT2D eigenvalue weighted by molar-refractivity contribution is 5.70. The van der Waals surface area contributed by atoms with Crippen molar-refractivity contribution in [2.24, 2.45) is 0 Å². The average molecular weight is 242 g/mol. The van der Waals surface area contributed by atoms with E-state index in [1.165, 1.54) is 0 Å². The second-order valence-corrected chi connectivity index (χ2v) is 4.93. The average Bonchev–Trinajstić information content (AvgIpc) is 2.82. The number of carbonyl (C=O) groups is 1. The lowest BCUT2D eigenvalue weighted by molar-refractivity contribution is -0.161. The number of rotatable bonds is 4. The Hall–Kier alpha value is -0.610. The summed E-state index contributed by atoms with van der Waals surface area (Å²) in [5.41, 5.74) is 0. The molecular formula is C13H22O4. The molecule has 98 valence electrons. The second kappa shape index (κ2) is 6.36. The van der Waals surface area contributed by atoms with Crippen LogP contribution in [0.1, 0.15) is 44.9 Å². The zero-order valence-corrected chi connectivity index (χ0v) is 10.5. The Morgan fingerprint density at radius 1 is 1.18 bits per heavy atom. The first-order chi connectivity index (χ1) is 8.29. The molecule has 1 aliphatic heterocycles. The molecular weight excluding hydrogens is 220 g/mol. The van der Waals surface area contributed by atoms with E-state index in [1.807, 2.05) is 0 Å². The van der Waals surface area contributed by atoms with Gasteiger partial charge in [-0.25, -0.2) is 0 Å². The fraction of sp³-hybridized carbons (Fsp3) is 0.923. The van der Waals surface area contributed by atoms with Crippen molar-refractivity contribution in [1.29, 1.82) is 0 Å². The van der Waals surface area contributed by atoms with Crippen LogP contribution in [0.4, 0.5) is 0 Å². The van der Waals surface area contributed by atoms with Crippen LogP contribution in [0.3, 0.4) is 0 Å². The first-order valence-corrected chi connectivity index (χ1v) is 6.63. The molecule has 3 atom stereocenters. The van der Waals surface area contributed by atoms with Crippen molar-refractivity contribution in [2.45, 2.75) is 63.3 Å². The maximum atomic E-state index is 11.8. The van der Waals surface area contributed by atoms with Gasteiger partial charge in [-0.2, -0.15) is 0 Å². The largest absolute Gasteiger partial charge is 0.460 e. The quantitative estimate of drug-likeness (QED) is 0.708. The van der Waals surface area contributed by atoms with E-state index in [4.69, 9.17) is 14.2 Å². The highest BCUT2D eigenvalue weighted by atomic mass is 16.6. The van der Waals surface area contributed by atoms with Crippen molar-refractivity contribution in [1.82, 2.24) is 0 Å². The van der Waals surface area contributed by atoms with Gasteiger partial charge in [0, 0.05) is 13.7 Å². The molecule has 2 fully saturated rings. The van der Waals surface area contributed by atoms with Gasteiger partial charge in [0.15, 0.2) is 0 Å². The minimum Gasteiger partial charge on any atom is -0.460 e. The Morgan fingerprint density at radius 3 is 2.59 bits per heavy atom. The van der Waals surface area contributed by atoms with Gasteiger partial charge in [0.05, 0.1) is 18.6 Å². The van der Waals surface area contributed by atoms with Crippen molar-refractivity contribution in [3.05, 3.63) is 0 Å². The molecule has 1 saturated carbocycles. The van der Waals surface area contributed by atoms with Gasteiger partial charge in [0.25, 0.3) is 0 Å². The molecule has 4 heteroatoms. The lowest BCUT2D eigenvalue weighted by Crippen LogP contribution is -2.36. The van der Waals surface area contributed by atoms with Gasteiger partial charge in [-0.3, -0.25) is 4.79 Å². The third-order valence-corrected chi connectivity index (χ3v) is 3.65. The molecule has 0 radical (unpaired) electrons. The highest BCUT2D eigenvalue weighted by Crippen LogP contribution is 2.24.